The van der Waals surface area contributed by atoms with Crippen molar-refractivity contribution in [3.05, 3.63) is 75.7 Å². The minimum absolute atomic E-state index is 0.150. The van der Waals surface area contributed by atoms with Gasteiger partial charge in [0.1, 0.15) is 17.1 Å². The number of nitrogens with zero attached hydrogens (tertiary/aromatic N) is 4. The van der Waals surface area contributed by atoms with Gasteiger partial charge in [-0.3, -0.25) is 9.59 Å². The number of pyridine rings is 1. The lowest BCUT2D eigenvalue weighted by molar-refractivity contribution is -0.137. The van der Waals surface area contributed by atoms with Crippen LogP contribution in [0.1, 0.15) is 47.2 Å². The lowest BCUT2D eigenvalue weighted by atomic mass is 9.99. The molecule has 2 atom stereocenters. The number of aromatic hydroxyl groups is 1. The third-order valence-electron chi connectivity index (χ3n) is 5.69. The number of phenols is 1. The minimum atomic E-state index is -4.63. The molecule has 0 aliphatic carbocycles. The molecule has 4 rings (SSSR count). The SMILES string of the molecule is Cc1cn(-c2ccc3n(c2=O)C[C@@H](C)N([C@H](C)c2cc(O)cc(C(F)(F)F)c2)C3=O)cn1. The summed E-state index contributed by atoms with van der Waals surface area (Å²) in [5, 5.41) is 9.81. The number of carbonyl (C=O) groups is 1. The summed E-state index contributed by atoms with van der Waals surface area (Å²) in [4.78, 5) is 31.9. The molecule has 0 bridgehead atoms. The number of fused-ring (bicyclic) bond motifs is 1. The Kier molecular flexibility index (Phi) is 5.10. The molecule has 0 spiro atoms. The molecule has 1 aliphatic heterocycles. The largest absolute Gasteiger partial charge is 0.508 e. The van der Waals surface area contributed by atoms with Crippen molar-refractivity contribution in [1.29, 1.82) is 0 Å². The lowest BCUT2D eigenvalue weighted by Crippen LogP contribution is -2.50. The van der Waals surface area contributed by atoms with E-state index in [-0.39, 0.29) is 23.4 Å². The van der Waals surface area contributed by atoms with Gasteiger partial charge in [-0.25, -0.2) is 4.98 Å². The van der Waals surface area contributed by atoms with Crippen molar-refractivity contribution in [2.45, 2.75) is 45.6 Å². The van der Waals surface area contributed by atoms with E-state index in [1.54, 1.807) is 31.5 Å². The fraction of sp³-hybridized carbons (Fsp3) is 0.318. The molecule has 1 aliphatic rings. The van der Waals surface area contributed by atoms with E-state index < -0.39 is 35.5 Å². The number of carbonyl (C=O) groups excluding carboxylic acids is 1. The van der Waals surface area contributed by atoms with Gasteiger partial charge in [-0.15, -0.1) is 0 Å². The first-order valence-corrected chi connectivity index (χ1v) is 9.96. The molecule has 1 aromatic carbocycles. The second-order valence-corrected chi connectivity index (χ2v) is 7.99. The number of halogens is 3. The zero-order valence-corrected chi connectivity index (χ0v) is 17.6. The van der Waals surface area contributed by atoms with Gasteiger partial charge in [0.15, 0.2) is 0 Å². The first-order chi connectivity index (χ1) is 15.0. The second-order valence-electron chi connectivity index (χ2n) is 7.99. The van der Waals surface area contributed by atoms with Gasteiger partial charge in [0.2, 0.25) is 0 Å². The Morgan fingerprint density at radius 3 is 2.53 bits per heavy atom. The van der Waals surface area contributed by atoms with Gasteiger partial charge in [-0.2, -0.15) is 13.2 Å². The van der Waals surface area contributed by atoms with Gasteiger partial charge < -0.3 is 19.1 Å². The van der Waals surface area contributed by atoms with E-state index in [4.69, 9.17) is 0 Å². The molecule has 0 unspecified atom stereocenters. The highest BCUT2D eigenvalue weighted by Gasteiger charge is 2.36. The number of rotatable bonds is 3. The molecule has 7 nitrogen and oxygen atoms in total. The van der Waals surface area contributed by atoms with Crippen molar-refractivity contribution < 1.29 is 23.1 Å². The summed E-state index contributed by atoms with van der Waals surface area (Å²) in [7, 11) is 0. The molecule has 1 amide bonds. The van der Waals surface area contributed by atoms with E-state index in [0.29, 0.717) is 11.8 Å². The smallest absolute Gasteiger partial charge is 0.416 e. The maximum Gasteiger partial charge on any atom is 0.416 e. The van der Waals surface area contributed by atoms with Crippen LogP contribution < -0.4 is 5.56 Å². The first kappa shape index (κ1) is 21.7. The summed E-state index contributed by atoms with van der Waals surface area (Å²) in [5.74, 6) is -1.01. The normalized spacial score (nSPS) is 17.4. The number of benzene rings is 1. The van der Waals surface area contributed by atoms with E-state index >= 15 is 0 Å². The lowest BCUT2D eigenvalue weighted by Gasteiger charge is -2.39. The predicted molar refractivity (Wildman–Crippen MR) is 110 cm³/mol. The van der Waals surface area contributed by atoms with Crippen LogP contribution in [0.25, 0.3) is 5.69 Å². The second kappa shape index (κ2) is 7.54. The number of aryl methyl sites for hydroxylation is 1. The third-order valence-corrected chi connectivity index (χ3v) is 5.69. The summed E-state index contributed by atoms with van der Waals surface area (Å²) in [5.41, 5.74) is 0.0348. The van der Waals surface area contributed by atoms with Crippen LogP contribution in [0.3, 0.4) is 0 Å². The van der Waals surface area contributed by atoms with Crippen molar-refractivity contribution >= 4 is 5.91 Å². The highest BCUT2D eigenvalue weighted by molar-refractivity contribution is 5.94. The maximum atomic E-state index is 13.3. The maximum absolute atomic E-state index is 13.3. The zero-order chi connectivity index (χ0) is 23.4. The van der Waals surface area contributed by atoms with Crippen molar-refractivity contribution in [1.82, 2.24) is 19.0 Å². The van der Waals surface area contributed by atoms with E-state index in [1.165, 1.54) is 34.0 Å². The predicted octanol–water partition coefficient (Wildman–Crippen LogP) is 3.67. The van der Waals surface area contributed by atoms with Gasteiger partial charge in [0.05, 0.1) is 23.6 Å². The third kappa shape index (κ3) is 3.65. The highest BCUT2D eigenvalue weighted by Crippen LogP contribution is 2.36. The van der Waals surface area contributed by atoms with Crippen LogP contribution in [0.2, 0.25) is 0 Å². The van der Waals surface area contributed by atoms with Crippen LogP contribution in [0, 0.1) is 6.92 Å². The Labute approximate surface area is 181 Å². The van der Waals surface area contributed by atoms with Gasteiger partial charge in [-0.05, 0) is 56.7 Å². The fourth-order valence-corrected chi connectivity index (χ4v) is 4.13. The molecule has 2 aromatic heterocycles. The molecular weight excluding hydrogens is 425 g/mol. The molecule has 0 fully saturated rings. The Morgan fingerprint density at radius 2 is 1.91 bits per heavy atom. The number of hydrogen-bond donors (Lipinski definition) is 1. The summed E-state index contributed by atoms with van der Waals surface area (Å²) in [6, 6.07) is 4.62. The summed E-state index contributed by atoms with van der Waals surface area (Å²) >= 11 is 0. The molecule has 10 heteroatoms. The van der Waals surface area contributed by atoms with Crippen molar-refractivity contribution in [3.8, 4) is 11.4 Å². The topological polar surface area (TPSA) is 80.4 Å². The standard InChI is InChI=1S/C22H21F3N4O3/c1-12-9-27(11-26-12)18-4-5-19-21(32)29(13(2)10-28(19)20(18)31)14(3)15-6-16(22(23,24)25)8-17(30)7-15/h4-9,11,13-14,30H,10H2,1-3H3/t13-,14-/m1/s1. The van der Waals surface area contributed by atoms with E-state index in [0.717, 1.165) is 11.8 Å². The summed E-state index contributed by atoms with van der Waals surface area (Å²) in [6.45, 7) is 5.30. The molecule has 0 saturated carbocycles. The zero-order valence-electron chi connectivity index (χ0n) is 17.6. The van der Waals surface area contributed by atoms with Gasteiger partial charge >= 0.3 is 6.18 Å². The molecule has 1 N–H and O–H groups in total. The Balaban J connectivity index is 1.73. The van der Waals surface area contributed by atoms with Crippen molar-refractivity contribution in [3.63, 3.8) is 0 Å². The number of phenolic OH excluding ortho intramolecular Hbond substituents is 1. The molecule has 3 heterocycles. The Bertz CT molecular complexity index is 1260. The highest BCUT2D eigenvalue weighted by atomic mass is 19.4. The first-order valence-electron chi connectivity index (χ1n) is 9.96. The number of aromatic nitrogens is 3. The molecule has 3 aromatic rings. The molecule has 32 heavy (non-hydrogen) atoms. The van der Waals surface area contributed by atoms with Crippen LogP contribution in [0.5, 0.6) is 5.75 Å². The van der Waals surface area contributed by atoms with Crippen molar-refractivity contribution in [2.24, 2.45) is 0 Å². The minimum Gasteiger partial charge on any atom is -0.508 e. The number of alkyl halides is 3. The Hall–Kier alpha value is -3.56. The molecule has 168 valence electrons. The monoisotopic (exact) mass is 446 g/mol. The quantitative estimate of drug-likeness (QED) is 0.666. The molecule has 0 saturated heterocycles. The number of imidazole rings is 1. The van der Waals surface area contributed by atoms with Crippen LogP contribution in [-0.4, -0.2) is 36.1 Å². The van der Waals surface area contributed by atoms with Gasteiger partial charge in [0, 0.05) is 18.8 Å². The van der Waals surface area contributed by atoms with Gasteiger partial charge in [-0.1, -0.05) is 0 Å². The van der Waals surface area contributed by atoms with E-state index in [2.05, 4.69) is 4.98 Å². The van der Waals surface area contributed by atoms with Crippen LogP contribution in [-0.2, 0) is 12.7 Å². The van der Waals surface area contributed by atoms with Crippen LogP contribution in [0.4, 0.5) is 13.2 Å². The van der Waals surface area contributed by atoms with Crippen LogP contribution in [0.15, 0.2) is 47.7 Å². The van der Waals surface area contributed by atoms with E-state index in [1.807, 2.05) is 0 Å². The Morgan fingerprint density at radius 1 is 1.19 bits per heavy atom. The van der Waals surface area contributed by atoms with Gasteiger partial charge in [0.25, 0.3) is 11.5 Å². The van der Waals surface area contributed by atoms with Crippen molar-refractivity contribution in [2.75, 3.05) is 0 Å². The summed E-state index contributed by atoms with van der Waals surface area (Å²) < 4.78 is 42.5. The average molecular weight is 446 g/mol. The fourth-order valence-electron chi connectivity index (χ4n) is 4.13. The summed E-state index contributed by atoms with van der Waals surface area (Å²) in [6.07, 6.45) is -1.42. The van der Waals surface area contributed by atoms with Crippen LogP contribution >= 0.6 is 0 Å². The average Bonchev–Trinajstić information content (AvgIpc) is 3.13. The van der Waals surface area contributed by atoms with E-state index in [9.17, 15) is 27.9 Å². The number of hydrogen-bond acceptors (Lipinski definition) is 4. The number of amides is 1. The molecule has 0 radical (unpaired) electrons. The molecular formula is C22H21F3N4O3.